The molecule has 6 heteroatoms. The lowest BCUT2D eigenvalue weighted by molar-refractivity contribution is 0.0943. The Hall–Kier alpha value is -1.98. The van der Waals surface area contributed by atoms with E-state index in [1.165, 1.54) is 0 Å². The molecule has 100 valence electrons. The van der Waals surface area contributed by atoms with E-state index in [4.69, 9.17) is 15.4 Å². The summed E-state index contributed by atoms with van der Waals surface area (Å²) in [6.07, 6.45) is 0. The van der Waals surface area contributed by atoms with E-state index in [-0.39, 0.29) is 18.3 Å². The van der Waals surface area contributed by atoms with E-state index in [0.717, 1.165) is 0 Å². The summed E-state index contributed by atoms with van der Waals surface area (Å²) in [6, 6.07) is 1.68. The number of nitrogens with two attached hydrogens (primary N) is 1. The number of carbonyl (C=O) groups excluding carboxylic acids is 1. The molecule has 0 atom stereocenters. The molecule has 0 fully saturated rings. The van der Waals surface area contributed by atoms with Crippen LogP contribution in [-0.2, 0) is 0 Å². The number of nitrogens with one attached hydrogen (secondary N) is 1. The third kappa shape index (κ3) is 3.03. The Labute approximate surface area is 106 Å². The number of hydrogen-bond acceptors (Lipinski definition) is 4. The Morgan fingerprint density at radius 1 is 1.56 bits per heavy atom. The van der Waals surface area contributed by atoms with E-state index in [2.05, 4.69) is 10.5 Å². The Morgan fingerprint density at radius 3 is 2.61 bits per heavy atom. The smallest absolute Gasteiger partial charge is 0.254 e. The van der Waals surface area contributed by atoms with Gasteiger partial charge in [0.15, 0.2) is 0 Å². The highest BCUT2D eigenvalue weighted by Crippen LogP contribution is 2.16. The predicted molar refractivity (Wildman–Crippen MR) is 67.7 cm³/mol. The van der Waals surface area contributed by atoms with E-state index in [9.17, 15) is 4.79 Å². The van der Waals surface area contributed by atoms with Crippen LogP contribution in [0.1, 0.15) is 35.7 Å². The third-order valence-electron chi connectivity index (χ3n) is 2.78. The van der Waals surface area contributed by atoms with Crippen molar-refractivity contribution in [2.75, 3.05) is 6.54 Å². The van der Waals surface area contributed by atoms with Crippen LogP contribution < -0.4 is 11.1 Å². The van der Waals surface area contributed by atoms with Gasteiger partial charge in [-0.1, -0.05) is 19.0 Å². The standard InChI is InChI=1S/C12H19N3O3/c1-7-5-9(8(2)18-7)10(16)14-6-12(3,4)11(13)15-17/h5,17H,6H2,1-4H3,(H2,13,15)(H,14,16). The second-order valence-corrected chi connectivity index (χ2v) is 4.88. The molecule has 1 aromatic rings. The number of amidine groups is 1. The number of carbonyl (C=O) groups is 1. The van der Waals surface area contributed by atoms with Crippen LogP contribution in [0.5, 0.6) is 0 Å². The van der Waals surface area contributed by atoms with Crippen LogP contribution in [0.4, 0.5) is 0 Å². The van der Waals surface area contributed by atoms with Crippen molar-refractivity contribution in [3.05, 3.63) is 23.2 Å². The summed E-state index contributed by atoms with van der Waals surface area (Å²) < 4.78 is 5.29. The van der Waals surface area contributed by atoms with Crippen LogP contribution in [0.3, 0.4) is 0 Å². The molecule has 0 saturated heterocycles. The van der Waals surface area contributed by atoms with E-state index in [1.807, 2.05) is 0 Å². The first-order valence-corrected chi connectivity index (χ1v) is 5.61. The molecule has 0 aromatic carbocycles. The fraction of sp³-hybridized carbons (Fsp3) is 0.500. The molecule has 1 amide bonds. The SMILES string of the molecule is Cc1cc(C(=O)NCC(C)(C)C(N)=NO)c(C)o1. The van der Waals surface area contributed by atoms with Crippen LogP contribution in [0.15, 0.2) is 15.6 Å². The van der Waals surface area contributed by atoms with Gasteiger partial charge in [0.2, 0.25) is 0 Å². The van der Waals surface area contributed by atoms with Crippen molar-refractivity contribution >= 4 is 11.7 Å². The number of nitrogens with zero attached hydrogens (tertiary/aromatic N) is 1. The second kappa shape index (κ2) is 5.12. The molecule has 0 saturated carbocycles. The lowest BCUT2D eigenvalue weighted by Gasteiger charge is -2.22. The van der Waals surface area contributed by atoms with Gasteiger partial charge in [0.1, 0.15) is 17.4 Å². The summed E-state index contributed by atoms with van der Waals surface area (Å²) in [5.41, 5.74) is 5.43. The minimum absolute atomic E-state index is 0.0721. The monoisotopic (exact) mass is 253 g/mol. The largest absolute Gasteiger partial charge is 0.466 e. The number of hydrogen-bond donors (Lipinski definition) is 3. The van der Waals surface area contributed by atoms with Gasteiger partial charge in [-0.25, -0.2) is 0 Å². The lowest BCUT2D eigenvalue weighted by atomic mass is 9.92. The third-order valence-corrected chi connectivity index (χ3v) is 2.78. The molecule has 1 rings (SSSR count). The van der Waals surface area contributed by atoms with Crippen LogP contribution in [0, 0.1) is 19.3 Å². The lowest BCUT2D eigenvalue weighted by Crippen LogP contribution is -2.42. The van der Waals surface area contributed by atoms with Crippen molar-refractivity contribution in [3.63, 3.8) is 0 Å². The number of aryl methyl sites for hydroxylation is 2. The van der Waals surface area contributed by atoms with Crippen molar-refractivity contribution < 1.29 is 14.4 Å². The molecule has 0 bridgehead atoms. The van der Waals surface area contributed by atoms with Crippen LogP contribution >= 0.6 is 0 Å². The second-order valence-electron chi connectivity index (χ2n) is 4.88. The number of rotatable bonds is 4. The Kier molecular flexibility index (Phi) is 4.00. The molecular formula is C12H19N3O3. The van der Waals surface area contributed by atoms with Crippen molar-refractivity contribution in [1.82, 2.24) is 5.32 Å². The highest BCUT2D eigenvalue weighted by Gasteiger charge is 2.25. The minimum Gasteiger partial charge on any atom is -0.466 e. The van der Waals surface area contributed by atoms with Gasteiger partial charge < -0.3 is 20.7 Å². The Bertz CT molecular complexity index is 475. The first-order valence-electron chi connectivity index (χ1n) is 5.61. The van der Waals surface area contributed by atoms with Gasteiger partial charge >= 0.3 is 0 Å². The highest BCUT2D eigenvalue weighted by atomic mass is 16.4. The summed E-state index contributed by atoms with van der Waals surface area (Å²) in [4.78, 5) is 11.9. The van der Waals surface area contributed by atoms with Gasteiger partial charge in [-0.3, -0.25) is 4.79 Å². The van der Waals surface area contributed by atoms with Crippen LogP contribution in [0.25, 0.3) is 0 Å². The van der Waals surface area contributed by atoms with Gasteiger partial charge in [-0.05, 0) is 19.9 Å². The summed E-state index contributed by atoms with van der Waals surface area (Å²) in [5.74, 6) is 1.10. The fourth-order valence-electron chi connectivity index (χ4n) is 1.48. The molecule has 0 aliphatic heterocycles. The summed E-state index contributed by atoms with van der Waals surface area (Å²) in [6.45, 7) is 7.33. The first kappa shape index (κ1) is 14.1. The van der Waals surface area contributed by atoms with Gasteiger partial charge in [0.25, 0.3) is 5.91 Å². The minimum atomic E-state index is -0.614. The molecule has 0 aliphatic carbocycles. The zero-order valence-corrected chi connectivity index (χ0v) is 11.1. The van der Waals surface area contributed by atoms with Gasteiger partial charge in [-0.15, -0.1) is 0 Å². The molecule has 0 aliphatic rings. The highest BCUT2D eigenvalue weighted by molar-refractivity contribution is 5.96. The number of oxime groups is 1. The van der Waals surface area contributed by atoms with E-state index in [0.29, 0.717) is 17.1 Å². The topological polar surface area (TPSA) is 101 Å². The average molecular weight is 253 g/mol. The number of amides is 1. The number of furan rings is 1. The summed E-state index contributed by atoms with van der Waals surface area (Å²) in [5, 5.41) is 14.3. The van der Waals surface area contributed by atoms with Crippen molar-refractivity contribution in [3.8, 4) is 0 Å². The van der Waals surface area contributed by atoms with E-state index < -0.39 is 5.41 Å². The Morgan fingerprint density at radius 2 is 2.17 bits per heavy atom. The predicted octanol–water partition coefficient (Wildman–Crippen LogP) is 1.40. The first-order chi connectivity index (χ1) is 8.27. The zero-order valence-electron chi connectivity index (χ0n) is 11.1. The normalized spacial score (nSPS) is 12.6. The average Bonchev–Trinajstić information content (AvgIpc) is 2.64. The fourth-order valence-corrected chi connectivity index (χ4v) is 1.48. The molecule has 1 heterocycles. The molecule has 0 unspecified atom stereocenters. The molecule has 6 nitrogen and oxygen atoms in total. The van der Waals surface area contributed by atoms with Gasteiger partial charge in [-0.2, -0.15) is 0 Å². The van der Waals surface area contributed by atoms with Crippen molar-refractivity contribution in [1.29, 1.82) is 0 Å². The molecule has 1 aromatic heterocycles. The quantitative estimate of drug-likeness (QED) is 0.327. The summed E-state index contributed by atoms with van der Waals surface area (Å²) >= 11 is 0. The molecule has 0 radical (unpaired) electrons. The molecule has 0 spiro atoms. The summed E-state index contributed by atoms with van der Waals surface area (Å²) in [7, 11) is 0. The van der Waals surface area contributed by atoms with Crippen LogP contribution in [-0.4, -0.2) is 23.5 Å². The maximum atomic E-state index is 11.9. The van der Waals surface area contributed by atoms with Gasteiger partial charge in [0, 0.05) is 12.0 Å². The van der Waals surface area contributed by atoms with Gasteiger partial charge in [0.05, 0.1) is 5.56 Å². The van der Waals surface area contributed by atoms with Crippen molar-refractivity contribution in [2.45, 2.75) is 27.7 Å². The van der Waals surface area contributed by atoms with E-state index in [1.54, 1.807) is 33.8 Å². The molecule has 18 heavy (non-hydrogen) atoms. The van der Waals surface area contributed by atoms with Crippen LogP contribution in [0.2, 0.25) is 0 Å². The molecule has 4 N–H and O–H groups in total. The maximum absolute atomic E-state index is 11.9. The van der Waals surface area contributed by atoms with Crippen molar-refractivity contribution in [2.24, 2.45) is 16.3 Å². The molecular weight excluding hydrogens is 234 g/mol. The zero-order chi connectivity index (χ0) is 13.9. The Balaban J connectivity index is 2.70. The van der Waals surface area contributed by atoms with E-state index >= 15 is 0 Å². The maximum Gasteiger partial charge on any atom is 0.254 e.